The molecule has 3 aromatic rings. The number of benzene rings is 2. The van der Waals surface area contributed by atoms with Gasteiger partial charge in [0.25, 0.3) is 5.91 Å². The van der Waals surface area contributed by atoms with E-state index in [0.29, 0.717) is 5.69 Å². The molecule has 0 saturated carbocycles. The standard InChI is InChI=1S/C20H16F3NO2/c1-12-9-13(2)11-14(10-12)24-19(25)18-8-7-17(26-18)15-5-3-4-6-16(15)20(21,22)23/h3-11H,1-2H3,(H,24,25). The number of amides is 1. The number of carbonyl (C=O) groups excluding carboxylic acids is 1. The molecular weight excluding hydrogens is 343 g/mol. The Hall–Kier alpha value is -3.02. The lowest BCUT2D eigenvalue weighted by Crippen LogP contribution is -2.11. The van der Waals surface area contributed by atoms with Crippen LogP contribution in [0.15, 0.2) is 59.0 Å². The van der Waals surface area contributed by atoms with E-state index in [4.69, 9.17) is 4.42 Å². The fraction of sp³-hybridized carbons (Fsp3) is 0.150. The zero-order valence-corrected chi connectivity index (χ0v) is 14.1. The monoisotopic (exact) mass is 359 g/mol. The summed E-state index contributed by atoms with van der Waals surface area (Å²) in [6.07, 6.45) is -4.51. The third-order valence-electron chi connectivity index (χ3n) is 3.81. The molecule has 0 radical (unpaired) electrons. The number of halogens is 3. The highest BCUT2D eigenvalue weighted by molar-refractivity contribution is 6.02. The van der Waals surface area contributed by atoms with Crippen LogP contribution in [-0.2, 0) is 6.18 Å². The van der Waals surface area contributed by atoms with Crippen LogP contribution in [0.25, 0.3) is 11.3 Å². The van der Waals surface area contributed by atoms with E-state index in [-0.39, 0.29) is 17.1 Å². The van der Waals surface area contributed by atoms with Crippen molar-refractivity contribution in [2.75, 3.05) is 5.32 Å². The molecular formula is C20H16F3NO2. The van der Waals surface area contributed by atoms with Crippen molar-refractivity contribution in [3.8, 4) is 11.3 Å². The lowest BCUT2D eigenvalue weighted by atomic mass is 10.1. The predicted molar refractivity (Wildman–Crippen MR) is 93.0 cm³/mol. The van der Waals surface area contributed by atoms with Crippen LogP contribution < -0.4 is 5.32 Å². The summed E-state index contributed by atoms with van der Waals surface area (Å²) in [5.41, 5.74) is 1.65. The molecule has 1 N–H and O–H groups in total. The first kappa shape index (κ1) is 17.8. The number of aryl methyl sites for hydroxylation is 2. The van der Waals surface area contributed by atoms with Gasteiger partial charge in [-0.3, -0.25) is 4.79 Å². The highest BCUT2D eigenvalue weighted by Crippen LogP contribution is 2.37. The fourth-order valence-corrected chi connectivity index (χ4v) is 2.79. The average molecular weight is 359 g/mol. The van der Waals surface area contributed by atoms with Gasteiger partial charge < -0.3 is 9.73 Å². The summed E-state index contributed by atoms with van der Waals surface area (Å²) >= 11 is 0. The van der Waals surface area contributed by atoms with Gasteiger partial charge in [0.1, 0.15) is 5.76 Å². The second kappa shape index (κ2) is 6.71. The molecule has 1 aromatic heterocycles. The summed E-state index contributed by atoms with van der Waals surface area (Å²) in [4.78, 5) is 12.3. The Morgan fingerprint density at radius 2 is 1.62 bits per heavy atom. The molecule has 6 heteroatoms. The molecule has 1 heterocycles. The molecule has 26 heavy (non-hydrogen) atoms. The molecule has 0 atom stereocenters. The highest BCUT2D eigenvalue weighted by Gasteiger charge is 2.34. The Morgan fingerprint density at radius 3 is 2.27 bits per heavy atom. The first-order chi connectivity index (χ1) is 12.2. The van der Waals surface area contributed by atoms with Gasteiger partial charge >= 0.3 is 6.18 Å². The van der Waals surface area contributed by atoms with Gasteiger partial charge in [-0.2, -0.15) is 13.2 Å². The molecule has 0 bridgehead atoms. The summed E-state index contributed by atoms with van der Waals surface area (Å²) in [7, 11) is 0. The van der Waals surface area contributed by atoms with Crippen molar-refractivity contribution in [3.05, 3.63) is 77.0 Å². The first-order valence-corrected chi connectivity index (χ1v) is 7.90. The molecule has 0 unspecified atom stereocenters. The maximum atomic E-state index is 13.1. The number of hydrogen-bond donors (Lipinski definition) is 1. The fourth-order valence-electron chi connectivity index (χ4n) is 2.79. The molecule has 0 aliphatic carbocycles. The van der Waals surface area contributed by atoms with Crippen LogP contribution >= 0.6 is 0 Å². The first-order valence-electron chi connectivity index (χ1n) is 7.90. The summed E-state index contributed by atoms with van der Waals surface area (Å²) < 4.78 is 44.8. The van der Waals surface area contributed by atoms with E-state index in [0.717, 1.165) is 17.2 Å². The number of nitrogens with one attached hydrogen (secondary N) is 1. The van der Waals surface area contributed by atoms with Gasteiger partial charge in [0.05, 0.1) is 5.56 Å². The second-order valence-electron chi connectivity index (χ2n) is 6.04. The van der Waals surface area contributed by atoms with Gasteiger partial charge in [-0.25, -0.2) is 0 Å². The normalized spacial score (nSPS) is 11.4. The average Bonchev–Trinajstić information content (AvgIpc) is 3.03. The smallest absolute Gasteiger partial charge is 0.417 e. The lowest BCUT2D eigenvalue weighted by molar-refractivity contribution is -0.137. The van der Waals surface area contributed by atoms with Crippen LogP contribution in [0.5, 0.6) is 0 Å². The van der Waals surface area contributed by atoms with Gasteiger partial charge in [-0.05, 0) is 55.3 Å². The van der Waals surface area contributed by atoms with Crippen molar-refractivity contribution in [1.29, 1.82) is 0 Å². The van der Waals surface area contributed by atoms with Crippen molar-refractivity contribution < 1.29 is 22.4 Å². The Morgan fingerprint density at radius 1 is 0.962 bits per heavy atom. The summed E-state index contributed by atoms with van der Waals surface area (Å²) in [5.74, 6) is -0.592. The van der Waals surface area contributed by atoms with E-state index in [1.54, 1.807) is 12.1 Å². The van der Waals surface area contributed by atoms with Gasteiger partial charge in [-0.15, -0.1) is 0 Å². The molecule has 0 spiro atoms. The van der Waals surface area contributed by atoms with E-state index in [9.17, 15) is 18.0 Å². The maximum absolute atomic E-state index is 13.1. The largest absolute Gasteiger partial charge is 0.451 e. The van der Waals surface area contributed by atoms with Crippen LogP contribution in [-0.4, -0.2) is 5.91 Å². The molecule has 2 aromatic carbocycles. The van der Waals surface area contributed by atoms with Crippen LogP contribution in [0.4, 0.5) is 18.9 Å². The number of rotatable bonds is 3. The van der Waals surface area contributed by atoms with Gasteiger partial charge in [0, 0.05) is 11.3 Å². The van der Waals surface area contributed by atoms with E-state index in [1.807, 2.05) is 19.9 Å². The summed E-state index contributed by atoms with van der Waals surface area (Å²) in [6.45, 7) is 3.81. The SMILES string of the molecule is Cc1cc(C)cc(NC(=O)c2ccc(-c3ccccc3C(F)(F)F)o2)c1. The molecule has 0 aliphatic heterocycles. The molecule has 0 saturated heterocycles. The lowest BCUT2D eigenvalue weighted by Gasteiger charge is -2.10. The number of hydrogen-bond acceptors (Lipinski definition) is 2. The Kier molecular flexibility index (Phi) is 4.59. The van der Waals surface area contributed by atoms with Crippen LogP contribution in [0, 0.1) is 13.8 Å². The number of alkyl halides is 3. The van der Waals surface area contributed by atoms with Gasteiger partial charge in [-0.1, -0.05) is 24.3 Å². The molecule has 0 aliphatic rings. The van der Waals surface area contributed by atoms with Crippen molar-refractivity contribution in [1.82, 2.24) is 0 Å². The molecule has 1 amide bonds. The van der Waals surface area contributed by atoms with Gasteiger partial charge in [0.2, 0.25) is 0 Å². The Labute approximate surface area is 148 Å². The summed E-state index contributed by atoms with van der Waals surface area (Å²) in [5, 5.41) is 2.69. The number of furan rings is 1. The van der Waals surface area contributed by atoms with E-state index < -0.39 is 17.6 Å². The van der Waals surface area contributed by atoms with Crippen molar-refractivity contribution in [2.24, 2.45) is 0 Å². The topological polar surface area (TPSA) is 42.2 Å². The van der Waals surface area contributed by atoms with Crippen molar-refractivity contribution >= 4 is 11.6 Å². The number of carbonyl (C=O) groups is 1. The van der Waals surface area contributed by atoms with Crippen LogP contribution in [0.1, 0.15) is 27.2 Å². The minimum Gasteiger partial charge on any atom is -0.451 e. The van der Waals surface area contributed by atoms with E-state index in [1.165, 1.54) is 30.3 Å². The Balaban J connectivity index is 1.88. The molecule has 3 nitrogen and oxygen atoms in total. The highest BCUT2D eigenvalue weighted by atomic mass is 19.4. The molecule has 3 rings (SSSR count). The quantitative estimate of drug-likeness (QED) is 0.639. The van der Waals surface area contributed by atoms with Crippen molar-refractivity contribution in [2.45, 2.75) is 20.0 Å². The molecule has 134 valence electrons. The predicted octanol–water partition coefficient (Wildman–Crippen LogP) is 5.83. The maximum Gasteiger partial charge on any atom is 0.417 e. The van der Waals surface area contributed by atoms with E-state index >= 15 is 0 Å². The Bertz CT molecular complexity index is 937. The zero-order chi connectivity index (χ0) is 18.9. The third kappa shape index (κ3) is 3.79. The van der Waals surface area contributed by atoms with Crippen LogP contribution in [0.2, 0.25) is 0 Å². The van der Waals surface area contributed by atoms with Crippen molar-refractivity contribution in [3.63, 3.8) is 0 Å². The zero-order valence-electron chi connectivity index (χ0n) is 14.1. The second-order valence-corrected chi connectivity index (χ2v) is 6.04. The minimum absolute atomic E-state index is 0.0107. The number of anilines is 1. The van der Waals surface area contributed by atoms with Crippen LogP contribution in [0.3, 0.4) is 0 Å². The van der Waals surface area contributed by atoms with Gasteiger partial charge in [0.15, 0.2) is 5.76 Å². The van der Waals surface area contributed by atoms with E-state index in [2.05, 4.69) is 5.32 Å². The third-order valence-corrected chi connectivity index (χ3v) is 3.81. The summed E-state index contributed by atoms with van der Waals surface area (Å²) in [6, 6.07) is 13.4. The molecule has 0 fully saturated rings. The minimum atomic E-state index is -4.51.